The second-order valence-corrected chi connectivity index (χ2v) is 3.31. The van der Waals surface area contributed by atoms with Crippen LogP contribution in [0.5, 0.6) is 0 Å². The molecule has 0 amide bonds. The predicted molar refractivity (Wildman–Crippen MR) is 53.4 cm³/mol. The lowest BCUT2D eigenvalue weighted by Crippen LogP contribution is -2.21. The second-order valence-electron chi connectivity index (χ2n) is 3.31. The molecule has 0 saturated heterocycles. The van der Waals surface area contributed by atoms with Crippen LogP contribution in [0.2, 0.25) is 0 Å². The summed E-state index contributed by atoms with van der Waals surface area (Å²) in [5.74, 6) is -1.21. The van der Waals surface area contributed by atoms with Gasteiger partial charge in [0.2, 0.25) is 0 Å². The standard InChI is InChI=1S/C10H10N2O3/c13-9(10(14)15)4-6-1-2-7-8(3-6)12-5-11-7/h1-3,5,9,13H,4H2,(H,11,12)(H,14,15). The van der Waals surface area contributed by atoms with Gasteiger partial charge in [0.1, 0.15) is 0 Å². The number of aliphatic carboxylic acids is 1. The number of carboxylic acid groups (broad SMARTS) is 1. The van der Waals surface area contributed by atoms with Gasteiger partial charge in [0, 0.05) is 6.42 Å². The summed E-state index contributed by atoms with van der Waals surface area (Å²) >= 11 is 0. The zero-order valence-electron chi connectivity index (χ0n) is 7.84. The van der Waals surface area contributed by atoms with Gasteiger partial charge in [-0.05, 0) is 17.7 Å². The minimum absolute atomic E-state index is 0.101. The predicted octanol–water partition coefficient (Wildman–Crippen LogP) is 0.551. The Balaban J connectivity index is 2.24. The van der Waals surface area contributed by atoms with Gasteiger partial charge < -0.3 is 15.2 Å². The molecule has 0 fully saturated rings. The van der Waals surface area contributed by atoms with Gasteiger partial charge in [-0.2, -0.15) is 0 Å². The third-order valence-electron chi connectivity index (χ3n) is 2.20. The first-order valence-electron chi connectivity index (χ1n) is 4.49. The molecule has 15 heavy (non-hydrogen) atoms. The fourth-order valence-corrected chi connectivity index (χ4v) is 1.42. The number of carbonyl (C=O) groups is 1. The molecule has 1 aromatic heterocycles. The summed E-state index contributed by atoms with van der Waals surface area (Å²) in [7, 11) is 0. The number of aliphatic hydroxyl groups is 1. The van der Waals surface area contributed by atoms with Gasteiger partial charge in [-0.1, -0.05) is 6.07 Å². The molecule has 5 heteroatoms. The number of H-pyrrole nitrogens is 1. The first kappa shape index (κ1) is 9.67. The van der Waals surface area contributed by atoms with E-state index in [1.165, 1.54) is 0 Å². The van der Waals surface area contributed by atoms with Crippen molar-refractivity contribution in [2.45, 2.75) is 12.5 Å². The summed E-state index contributed by atoms with van der Waals surface area (Å²) in [4.78, 5) is 17.4. The van der Waals surface area contributed by atoms with Crippen molar-refractivity contribution in [3.63, 3.8) is 0 Å². The van der Waals surface area contributed by atoms with E-state index in [0.29, 0.717) is 0 Å². The number of rotatable bonds is 3. The van der Waals surface area contributed by atoms with Crippen molar-refractivity contribution >= 4 is 17.0 Å². The highest BCUT2D eigenvalue weighted by Gasteiger charge is 2.13. The van der Waals surface area contributed by atoms with Crippen LogP contribution < -0.4 is 0 Å². The van der Waals surface area contributed by atoms with E-state index in [2.05, 4.69) is 9.97 Å². The van der Waals surface area contributed by atoms with Crippen LogP contribution in [0, 0.1) is 0 Å². The van der Waals surface area contributed by atoms with Crippen molar-refractivity contribution in [3.8, 4) is 0 Å². The van der Waals surface area contributed by atoms with E-state index in [9.17, 15) is 9.90 Å². The average Bonchev–Trinajstić information content (AvgIpc) is 2.64. The van der Waals surface area contributed by atoms with Crippen LogP contribution in [0.4, 0.5) is 0 Å². The maximum absolute atomic E-state index is 10.4. The molecule has 1 atom stereocenters. The minimum atomic E-state index is -1.36. The Kier molecular flexibility index (Phi) is 2.39. The van der Waals surface area contributed by atoms with Gasteiger partial charge in [-0.15, -0.1) is 0 Å². The third-order valence-corrected chi connectivity index (χ3v) is 2.20. The van der Waals surface area contributed by atoms with E-state index in [-0.39, 0.29) is 6.42 Å². The number of aliphatic hydroxyl groups excluding tert-OH is 1. The Morgan fingerprint density at radius 3 is 3.07 bits per heavy atom. The number of fused-ring (bicyclic) bond motifs is 1. The first-order valence-corrected chi connectivity index (χ1v) is 4.49. The lowest BCUT2D eigenvalue weighted by molar-refractivity contribution is -0.146. The van der Waals surface area contributed by atoms with E-state index in [0.717, 1.165) is 16.6 Å². The van der Waals surface area contributed by atoms with Gasteiger partial charge >= 0.3 is 5.97 Å². The average molecular weight is 206 g/mol. The zero-order chi connectivity index (χ0) is 10.8. The maximum Gasteiger partial charge on any atom is 0.332 e. The Hall–Kier alpha value is -1.88. The molecule has 3 N–H and O–H groups in total. The van der Waals surface area contributed by atoms with E-state index in [1.54, 1.807) is 24.5 Å². The molecule has 0 spiro atoms. The Labute approximate surface area is 85.4 Å². The smallest absolute Gasteiger partial charge is 0.332 e. The van der Waals surface area contributed by atoms with Gasteiger partial charge in [0.15, 0.2) is 6.10 Å². The van der Waals surface area contributed by atoms with E-state index < -0.39 is 12.1 Å². The largest absolute Gasteiger partial charge is 0.479 e. The van der Waals surface area contributed by atoms with E-state index >= 15 is 0 Å². The van der Waals surface area contributed by atoms with Crippen LogP contribution in [0.25, 0.3) is 11.0 Å². The van der Waals surface area contributed by atoms with Crippen LogP contribution >= 0.6 is 0 Å². The fraction of sp³-hybridized carbons (Fsp3) is 0.200. The number of benzene rings is 1. The van der Waals surface area contributed by atoms with Gasteiger partial charge in [0.25, 0.3) is 0 Å². The molecule has 0 aliphatic carbocycles. The molecule has 78 valence electrons. The van der Waals surface area contributed by atoms with E-state index in [4.69, 9.17) is 5.11 Å². The van der Waals surface area contributed by atoms with Crippen molar-refractivity contribution < 1.29 is 15.0 Å². The summed E-state index contributed by atoms with van der Waals surface area (Å²) < 4.78 is 0. The molecule has 2 aromatic rings. The molecule has 0 aliphatic rings. The van der Waals surface area contributed by atoms with Gasteiger partial charge in [-0.25, -0.2) is 9.78 Å². The maximum atomic E-state index is 10.4. The number of hydrogen-bond donors (Lipinski definition) is 3. The molecule has 1 unspecified atom stereocenters. The van der Waals surface area contributed by atoms with Gasteiger partial charge in [-0.3, -0.25) is 0 Å². The molecule has 2 rings (SSSR count). The van der Waals surface area contributed by atoms with Crippen molar-refractivity contribution in [2.24, 2.45) is 0 Å². The Morgan fingerprint density at radius 2 is 2.33 bits per heavy atom. The van der Waals surface area contributed by atoms with Gasteiger partial charge in [0.05, 0.1) is 17.4 Å². The number of aromatic amines is 1. The topological polar surface area (TPSA) is 86.2 Å². The lowest BCUT2D eigenvalue weighted by Gasteiger charge is -2.04. The Morgan fingerprint density at radius 1 is 1.53 bits per heavy atom. The molecular weight excluding hydrogens is 196 g/mol. The molecule has 1 aromatic carbocycles. The summed E-state index contributed by atoms with van der Waals surface area (Å²) in [6.07, 6.45) is 0.317. The van der Waals surface area contributed by atoms with Crippen LogP contribution in [-0.4, -0.2) is 32.3 Å². The number of imidazole rings is 1. The quantitative estimate of drug-likeness (QED) is 0.684. The number of aromatic nitrogens is 2. The van der Waals surface area contributed by atoms with E-state index in [1.807, 2.05) is 0 Å². The summed E-state index contributed by atoms with van der Waals surface area (Å²) in [6.45, 7) is 0. The highest BCUT2D eigenvalue weighted by Crippen LogP contribution is 2.13. The minimum Gasteiger partial charge on any atom is -0.479 e. The SMILES string of the molecule is O=C(O)C(O)Cc1ccc2nc[nH]c2c1. The van der Waals surface area contributed by atoms with Crippen molar-refractivity contribution in [2.75, 3.05) is 0 Å². The van der Waals surface area contributed by atoms with Crippen molar-refractivity contribution in [1.29, 1.82) is 0 Å². The van der Waals surface area contributed by atoms with Crippen LogP contribution in [0.1, 0.15) is 5.56 Å². The highest BCUT2D eigenvalue weighted by molar-refractivity contribution is 5.76. The number of nitrogens with one attached hydrogen (secondary N) is 1. The number of carboxylic acids is 1. The third kappa shape index (κ3) is 1.97. The zero-order valence-corrected chi connectivity index (χ0v) is 7.84. The molecule has 0 saturated carbocycles. The molecule has 0 bridgehead atoms. The lowest BCUT2D eigenvalue weighted by atomic mass is 10.1. The van der Waals surface area contributed by atoms with Crippen LogP contribution in [0.3, 0.4) is 0 Å². The summed E-state index contributed by atoms with van der Waals surface area (Å²) in [5.41, 5.74) is 2.43. The number of nitrogens with zero attached hydrogens (tertiary/aromatic N) is 1. The van der Waals surface area contributed by atoms with Crippen LogP contribution in [-0.2, 0) is 11.2 Å². The fourth-order valence-electron chi connectivity index (χ4n) is 1.42. The Bertz CT molecular complexity index is 492. The summed E-state index contributed by atoms with van der Waals surface area (Å²) in [6, 6.07) is 5.33. The molecule has 1 heterocycles. The first-order chi connectivity index (χ1) is 7.16. The summed E-state index contributed by atoms with van der Waals surface area (Å²) in [5, 5.41) is 17.7. The molecule has 0 radical (unpaired) electrons. The van der Waals surface area contributed by atoms with Crippen molar-refractivity contribution in [3.05, 3.63) is 30.1 Å². The van der Waals surface area contributed by atoms with Crippen molar-refractivity contribution in [1.82, 2.24) is 9.97 Å². The number of hydrogen-bond acceptors (Lipinski definition) is 3. The highest BCUT2D eigenvalue weighted by atomic mass is 16.4. The molecular formula is C10H10N2O3. The second kappa shape index (κ2) is 3.70. The normalized spacial score (nSPS) is 12.9. The molecule has 0 aliphatic heterocycles. The monoisotopic (exact) mass is 206 g/mol. The molecule has 5 nitrogen and oxygen atoms in total. The van der Waals surface area contributed by atoms with Crippen LogP contribution in [0.15, 0.2) is 24.5 Å².